The van der Waals surface area contributed by atoms with Crippen LogP contribution in [0.4, 0.5) is 0 Å². The summed E-state index contributed by atoms with van der Waals surface area (Å²) in [5.41, 5.74) is 4.26. The highest BCUT2D eigenvalue weighted by atomic mass is 16.3. The van der Waals surface area contributed by atoms with Crippen molar-refractivity contribution in [1.82, 2.24) is 15.1 Å². The highest BCUT2D eigenvalue weighted by molar-refractivity contribution is 5.88. The molecule has 142 valence electrons. The number of furan rings is 1. The molecule has 1 amide bonds. The minimum atomic E-state index is 0.0758. The zero-order valence-corrected chi connectivity index (χ0v) is 16.5. The minimum Gasteiger partial charge on any atom is -0.464 e. The van der Waals surface area contributed by atoms with Crippen LogP contribution in [0.5, 0.6) is 0 Å². The molecule has 1 saturated heterocycles. The summed E-state index contributed by atoms with van der Waals surface area (Å²) in [6.45, 7) is 11.6. The smallest absolute Gasteiger partial charge is 0.224 e. The van der Waals surface area contributed by atoms with Gasteiger partial charge >= 0.3 is 0 Å². The van der Waals surface area contributed by atoms with Crippen molar-refractivity contribution in [2.24, 2.45) is 0 Å². The molecule has 0 radical (unpaired) electrons. The average Bonchev–Trinajstić information content (AvgIpc) is 2.98. The quantitative estimate of drug-likeness (QED) is 0.864. The summed E-state index contributed by atoms with van der Waals surface area (Å²) in [5, 5.41) is 4.27. The van der Waals surface area contributed by atoms with Gasteiger partial charge in [-0.15, -0.1) is 0 Å². The third kappa shape index (κ3) is 4.46. The second kappa shape index (κ2) is 8.23. The second-order valence-corrected chi connectivity index (χ2v) is 7.65. The monoisotopic (exact) mass is 357 g/mol. The number of amides is 1. The van der Waals surface area contributed by atoms with E-state index in [0.717, 1.165) is 55.7 Å². The molecular formula is C21H31N3O2. The van der Waals surface area contributed by atoms with Crippen molar-refractivity contribution in [3.8, 4) is 0 Å². The Kier molecular flexibility index (Phi) is 5.99. The molecule has 1 atom stereocenters. The number of hydrogen-bond donors (Lipinski definition) is 1. The second-order valence-electron chi connectivity index (χ2n) is 7.65. The summed E-state index contributed by atoms with van der Waals surface area (Å²) in [7, 11) is 2.16. The summed E-state index contributed by atoms with van der Waals surface area (Å²) in [5.74, 6) is 0.0758. The largest absolute Gasteiger partial charge is 0.464 e. The molecule has 0 bridgehead atoms. The third-order valence-corrected chi connectivity index (χ3v) is 5.55. The fourth-order valence-corrected chi connectivity index (χ4v) is 3.54. The van der Waals surface area contributed by atoms with E-state index in [2.05, 4.69) is 49.0 Å². The van der Waals surface area contributed by atoms with Crippen LogP contribution in [0.1, 0.15) is 30.0 Å². The lowest BCUT2D eigenvalue weighted by molar-refractivity contribution is -0.121. The topological polar surface area (TPSA) is 48.7 Å². The molecule has 0 unspecified atom stereocenters. The lowest BCUT2D eigenvalue weighted by atomic mass is 10.0. The number of hydrogen-bond acceptors (Lipinski definition) is 4. The summed E-state index contributed by atoms with van der Waals surface area (Å²) in [6, 6.07) is 4.38. The molecule has 5 nitrogen and oxygen atoms in total. The van der Waals surface area contributed by atoms with Crippen LogP contribution in [0.25, 0.3) is 11.0 Å². The van der Waals surface area contributed by atoms with Gasteiger partial charge in [-0.1, -0.05) is 6.92 Å². The Hall–Kier alpha value is -1.85. The molecule has 1 fully saturated rings. The van der Waals surface area contributed by atoms with E-state index in [1.165, 1.54) is 11.1 Å². The first-order valence-corrected chi connectivity index (χ1v) is 9.64. The van der Waals surface area contributed by atoms with Crippen LogP contribution >= 0.6 is 0 Å². The summed E-state index contributed by atoms with van der Waals surface area (Å²) < 4.78 is 5.66. The average molecular weight is 357 g/mol. The first-order chi connectivity index (χ1) is 12.5. The van der Waals surface area contributed by atoms with Gasteiger partial charge in [-0.05, 0) is 50.6 Å². The van der Waals surface area contributed by atoms with Crippen molar-refractivity contribution >= 4 is 16.9 Å². The summed E-state index contributed by atoms with van der Waals surface area (Å²) in [4.78, 5) is 17.4. The zero-order valence-electron chi connectivity index (χ0n) is 16.5. The van der Waals surface area contributed by atoms with E-state index in [1.807, 2.05) is 6.07 Å². The normalized spacial score (nSPS) is 17.5. The van der Waals surface area contributed by atoms with Gasteiger partial charge < -0.3 is 14.6 Å². The van der Waals surface area contributed by atoms with Crippen LogP contribution in [0.2, 0.25) is 0 Å². The highest BCUT2D eigenvalue weighted by Crippen LogP contribution is 2.25. The Morgan fingerprint density at radius 2 is 1.88 bits per heavy atom. The maximum atomic E-state index is 12.6. The molecule has 1 N–H and O–H groups in total. The van der Waals surface area contributed by atoms with E-state index in [9.17, 15) is 4.79 Å². The predicted molar refractivity (Wildman–Crippen MR) is 106 cm³/mol. The van der Waals surface area contributed by atoms with Crippen molar-refractivity contribution in [3.05, 3.63) is 35.1 Å². The summed E-state index contributed by atoms with van der Waals surface area (Å²) >= 11 is 0. The number of likely N-dealkylation sites (N-methyl/N-ethyl adjacent to an activating group) is 1. The lowest BCUT2D eigenvalue weighted by Gasteiger charge is -2.34. The van der Waals surface area contributed by atoms with Crippen molar-refractivity contribution in [2.45, 2.75) is 39.7 Å². The standard InChI is InChI=1S/C21H31N3O2/c1-5-18(13-24-8-6-23(4)7-9-24)22-21(25)12-17-14-26-20-11-16(3)15(2)10-19(17)20/h10-11,14,18H,5-9,12-13H2,1-4H3,(H,22,25)/t18-/m0/s1. The van der Waals surface area contributed by atoms with Gasteiger partial charge in [0.2, 0.25) is 5.91 Å². The Labute approximate surface area is 156 Å². The first-order valence-electron chi connectivity index (χ1n) is 9.64. The van der Waals surface area contributed by atoms with Crippen molar-refractivity contribution in [1.29, 1.82) is 0 Å². The molecule has 0 aliphatic carbocycles. The number of nitrogens with zero attached hydrogens (tertiary/aromatic N) is 2. The molecular weight excluding hydrogens is 326 g/mol. The van der Waals surface area contributed by atoms with Gasteiger partial charge in [0, 0.05) is 49.7 Å². The molecule has 3 rings (SSSR count). The van der Waals surface area contributed by atoms with Gasteiger partial charge in [0.15, 0.2) is 0 Å². The number of rotatable bonds is 6. The van der Waals surface area contributed by atoms with Crippen LogP contribution in [0, 0.1) is 13.8 Å². The molecule has 0 saturated carbocycles. The maximum Gasteiger partial charge on any atom is 0.224 e. The predicted octanol–water partition coefficient (Wildman–Crippen LogP) is 2.73. The molecule has 2 aromatic rings. The zero-order chi connectivity index (χ0) is 18.7. The maximum absolute atomic E-state index is 12.6. The third-order valence-electron chi connectivity index (χ3n) is 5.55. The van der Waals surface area contributed by atoms with E-state index in [1.54, 1.807) is 6.26 Å². The van der Waals surface area contributed by atoms with Crippen LogP contribution in [-0.2, 0) is 11.2 Å². The van der Waals surface area contributed by atoms with Gasteiger partial charge in [0.05, 0.1) is 12.7 Å². The molecule has 26 heavy (non-hydrogen) atoms. The fourth-order valence-electron chi connectivity index (χ4n) is 3.54. The van der Waals surface area contributed by atoms with Crippen LogP contribution in [0.15, 0.2) is 22.8 Å². The molecule has 0 spiro atoms. The van der Waals surface area contributed by atoms with E-state index in [0.29, 0.717) is 6.42 Å². The number of fused-ring (bicyclic) bond motifs is 1. The van der Waals surface area contributed by atoms with Crippen LogP contribution < -0.4 is 5.32 Å². The fraction of sp³-hybridized carbons (Fsp3) is 0.571. The number of aryl methyl sites for hydroxylation is 2. The molecule has 2 heterocycles. The minimum absolute atomic E-state index is 0.0758. The Morgan fingerprint density at radius 3 is 2.58 bits per heavy atom. The van der Waals surface area contributed by atoms with Gasteiger partial charge in [0.25, 0.3) is 0 Å². The SMILES string of the molecule is CC[C@@H](CN1CCN(C)CC1)NC(=O)Cc1coc2cc(C)c(C)cc12. The van der Waals surface area contributed by atoms with Crippen LogP contribution in [-0.4, -0.2) is 61.5 Å². The Bertz CT molecular complexity index is 760. The highest BCUT2D eigenvalue weighted by Gasteiger charge is 2.19. The van der Waals surface area contributed by atoms with Crippen molar-refractivity contribution in [3.63, 3.8) is 0 Å². The van der Waals surface area contributed by atoms with Crippen molar-refractivity contribution in [2.75, 3.05) is 39.8 Å². The number of piperazine rings is 1. The van der Waals surface area contributed by atoms with E-state index < -0.39 is 0 Å². The molecule has 1 aromatic heterocycles. The molecule has 1 aliphatic heterocycles. The van der Waals surface area contributed by atoms with E-state index in [-0.39, 0.29) is 11.9 Å². The molecule has 1 aromatic carbocycles. The van der Waals surface area contributed by atoms with Gasteiger partial charge in [-0.2, -0.15) is 0 Å². The number of carbonyl (C=O) groups is 1. The number of nitrogens with one attached hydrogen (secondary N) is 1. The Balaban J connectivity index is 1.59. The van der Waals surface area contributed by atoms with E-state index >= 15 is 0 Å². The number of carbonyl (C=O) groups excluding carboxylic acids is 1. The Morgan fingerprint density at radius 1 is 1.19 bits per heavy atom. The molecule has 1 aliphatic rings. The van der Waals surface area contributed by atoms with Crippen molar-refractivity contribution < 1.29 is 9.21 Å². The molecule has 5 heteroatoms. The van der Waals surface area contributed by atoms with Gasteiger partial charge in [0.1, 0.15) is 5.58 Å². The number of benzene rings is 1. The summed E-state index contributed by atoms with van der Waals surface area (Å²) in [6.07, 6.45) is 3.04. The van der Waals surface area contributed by atoms with E-state index in [4.69, 9.17) is 4.42 Å². The lowest BCUT2D eigenvalue weighted by Crippen LogP contribution is -2.50. The van der Waals surface area contributed by atoms with Gasteiger partial charge in [-0.3, -0.25) is 9.69 Å². The van der Waals surface area contributed by atoms with Crippen LogP contribution in [0.3, 0.4) is 0 Å². The van der Waals surface area contributed by atoms with Gasteiger partial charge in [-0.25, -0.2) is 0 Å². The first kappa shape index (κ1) is 18.9.